The van der Waals surface area contributed by atoms with Gasteiger partial charge in [-0.1, -0.05) is 47.5 Å². The third kappa shape index (κ3) is 7.11. The van der Waals surface area contributed by atoms with Crippen LogP contribution in [0.4, 0.5) is 5.82 Å². The van der Waals surface area contributed by atoms with Gasteiger partial charge in [0.15, 0.2) is 0 Å². The molecule has 202 valence electrons. The molecular formula is C26H42Cl2N6O2. The molecule has 2 aromatic heterocycles. The van der Waals surface area contributed by atoms with Crippen molar-refractivity contribution >= 4 is 36.5 Å². The Bertz CT molecular complexity index is 962. The summed E-state index contributed by atoms with van der Waals surface area (Å²) < 4.78 is 5.39. The van der Waals surface area contributed by atoms with E-state index in [1.54, 1.807) is 18.7 Å². The van der Waals surface area contributed by atoms with Gasteiger partial charge in [-0.05, 0) is 37.1 Å². The Labute approximate surface area is 227 Å². The zero-order chi connectivity index (χ0) is 24.3. The van der Waals surface area contributed by atoms with Crippen LogP contribution in [-0.2, 0) is 12.0 Å². The van der Waals surface area contributed by atoms with Crippen molar-refractivity contribution in [3.63, 3.8) is 0 Å². The number of fused-ring (bicyclic) bond motifs is 1. The molecule has 10 heteroatoms. The molecule has 0 aromatic carbocycles. The minimum absolute atomic E-state index is 0. The normalized spacial score (nSPS) is 21.7. The molecule has 2 aromatic rings. The summed E-state index contributed by atoms with van der Waals surface area (Å²) in [6, 6.07) is 0.191. The van der Waals surface area contributed by atoms with E-state index in [1.807, 2.05) is 0 Å². The second-order valence-electron chi connectivity index (χ2n) is 11.3. The highest BCUT2D eigenvalue weighted by Gasteiger charge is 2.40. The van der Waals surface area contributed by atoms with Crippen LogP contribution in [0.1, 0.15) is 82.4 Å². The van der Waals surface area contributed by atoms with Gasteiger partial charge in [0.1, 0.15) is 23.5 Å². The second kappa shape index (κ2) is 13.1. The van der Waals surface area contributed by atoms with Crippen molar-refractivity contribution < 1.29 is 9.21 Å². The van der Waals surface area contributed by atoms with Crippen molar-refractivity contribution in [2.45, 2.75) is 78.3 Å². The van der Waals surface area contributed by atoms with E-state index in [4.69, 9.17) is 9.40 Å². The lowest BCUT2D eigenvalue weighted by Crippen LogP contribution is -2.58. The number of oxazole rings is 1. The molecule has 4 rings (SSSR count). The largest absolute Gasteiger partial charge is 0.447 e. The van der Waals surface area contributed by atoms with Crippen LogP contribution in [0.3, 0.4) is 0 Å². The molecule has 1 saturated carbocycles. The van der Waals surface area contributed by atoms with Gasteiger partial charge >= 0.3 is 0 Å². The summed E-state index contributed by atoms with van der Waals surface area (Å²) in [5.41, 5.74) is 0.277. The van der Waals surface area contributed by atoms with Crippen molar-refractivity contribution in [3.8, 4) is 0 Å². The predicted molar refractivity (Wildman–Crippen MR) is 147 cm³/mol. The van der Waals surface area contributed by atoms with Crippen LogP contribution in [0.2, 0.25) is 0 Å². The number of piperidine rings is 1. The Morgan fingerprint density at radius 3 is 2.61 bits per heavy atom. The number of halogens is 2. The molecule has 3 atom stereocenters. The molecule has 8 nitrogen and oxygen atoms in total. The maximum atomic E-state index is 14.1. The highest BCUT2D eigenvalue weighted by molar-refractivity contribution is 5.98. The lowest BCUT2D eigenvalue weighted by molar-refractivity contribution is 0.0333. The molecule has 0 radical (unpaired) electrons. The summed E-state index contributed by atoms with van der Waals surface area (Å²) in [5.74, 6) is 3.36. The van der Waals surface area contributed by atoms with Crippen LogP contribution in [0.5, 0.6) is 0 Å². The summed E-state index contributed by atoms with van der Waals surface area (Å²) in [4.78, 5) is 29.8. The molecule has 0 bridgehead atoms. The molecule has 3 heterocycles. The van der Waals surface area contributed by atoms with E-state index < -0.39 is 0 Å². The molecule has 1 amide bonds. The Morgan fingerprint density at radius 2 is 1.94 bits per heavy atom. The zero-order valence-corrected chi connectivity index (χ0v) is 23.8. The number of nitrogens with zero attached hydrogens (tertiary/aromatic N) is 4. The molecule has 1 aliphatic heterocycles. The first-order valence-electron chi connectivity index (χ1n) is 12.8. The van der Waals surface area contributed by atoms with Crippen molar-refractivity contribution in [3.05, 3.63) is 35.9 Å². The van der Waals surface area contributed by atoms with E-state index in [2.05, 4.69) is 60.1 Å². The molecule has 1 aliphatic carbocycles. The second-order valence-corrected chi connectivity index (χ2v) is 11.3. The van der Waals surface area contributed by atoms with Gasteiger partial charge < -0.3 is 20.0 Å². The first-order chi connectivity index (χ1) is 16.2. The fraction of sp³-hybridized carbons (Fsp3) is 0.692. The molecule has 2 aliphatic rings. The minimum Gasteiger partial charge on any atom is -0.447 e. The molecule has 1 saturated heterocycles. The average Bonchev–Trinajstić information content (AvgIpc) is 3.33. The van der Waals surface area contributed by atoms with Gasteiger partial charge in [-0.3, -0.25) is 4.79 Å². The minimum atomic E-state index is -0.235. The number of hydrogen-bond acceptors (Lipinski definition) is 7. The monoisotopic (exact) mass is 540 g/mol. The van der Waals surface area contributed by atoms with Crippen molar-refractivity contribution in [2.24, 2.45) is 17.8 Å². The number of nitrogens with one attached hydrogen (secondary N) is 2. The first-order valence-corrected chi connectivity index (χ1v) is 12.8. The highest BCUT2D eigenvalue weighted by atomic mass is 35.5. The van der Waals surface area contributed by atoms with Gasteiger partial charge in [0.05, 0.1) is 12.7 Å². The number of amides is 1. The van der Waals surface area contributed by atoms with E-state index in [0.29, 0.717) is 53.9 Å². The summed E-state index contributed by atoms with van der Waals surface area (Å²) >= 11 is 0. The standard InChI is InChI=1S/C26H40N6O2.2ClH/c1-17(2)16-32(21-14-27-12-18-8-6-7-9-19(18)21)24(33)20-13-30-25(26(3,4)5)31-23(20)29-15-22-28-10-11-34-22;;/h10-11,13,17-19,21,27H,6-9,12,14-16H2,1-5H3,(H,29,30,31);2*1H. The van der Waals surface area contributed by atoms with Gasteiger partial charge in [-0.2, -0.15) is 0 Å². The van der Waals surface area contributed by atoms with Crippen molar-refractivity contribution in [2.75, 3.05) is 25.0 Å². The predicted octanol–water partition coefficient (Wildman–Crippen LogP) is 5.09. The maximum absolute atomic E-state index is 14.1. The number of carbonyl (C=O) groups excluding carboxylic acids is 1. The zero-order valence-electron chi connectivity index (χ0n) is 22.1. The Kier molecular flexibility index (Phi) is 11.0. The molecule has 3 unspecified atom stereocenters. The van der Waals surface area contributed by atoms with E-state index >= 15 is 0 Å². The van der Waals surface area contributed by atoms with Crippen LogP contribution in [0, 0.1) is 17.8 Å². The third-order valence-corrected chi connectivity index (χ3v) is 7.03. The van der Waals surface area contributed by atoms with Gasteiger partial charge in [0.25, 0.3) is 5.91 Å². The number of hydrogen-bond donors (Lipinski definition) is 2. The molecule has 2 fully saturated rings. The van der Waals surface area contributed by atoms with Crippen LogP contribution >= 0.6 is 24.8 Å². The first kappa shape index (κ1) is 30.3. The lowest BCUT2D eigenvalue weighted by Gasteiger charge is -2.47. The molecule has 36 heavy (non-hydrogen) atoms. The maximum Gasteiger partial charge on any atom is 0.259 e. The average molecular weight is 542 g/mol. The van der Waals surface area contributed by atoms with Crippen LogP contribution in [0.15, 0.2) is 23.1 Å². The van der Waals surface area contributed by atoms with Crippen LogP contribution in [0.25, 0.3) is 0 Å². The lowest BCUT2D eigenvalue weighted by atomic mass is 9.72. The summed E-state index contributed by atoms with van der Waals surface area (Å²) in [6.07, 6.45) is 9.88. The van der Waals surface area contributed by atoms with Crippen LogP contribution in [-0.4, -0.2) is 51.4 Å². The number of rotatable bonds is 7. The fourth-order valence-electron chi connectivity index (χ4n) is 5.36. The third-order valence-electron chi connectivity index (χ3n) is 7.03. The summed E-state index contributed by atoms with van der Waals surface area (Å²) in [5, 5.41) is 6.93. The summed E-state index contributed by atoms with van der Waals surface area (Å²) in [7, 11) is 0. The van der Waals surface area contributed by atoms with E-state index in [1.165, 1.54) is 25.7 Å². The Hall–Kier alpha value is -1.90. The quantitative estimate of drug-likeness (QED) is 0.504. The smallest absolute Gasteiger partial charge is 0.259 e. The Balaban J connectivity index is 0.00000228. The van der Waals surface area contributed by atoms with E-state index in [-0.39, 0.29) is 42.2 Å². The molecule has 0 spiro atoms. The van der Waals surface area contributed by atoms with Gasteiger partial charge in [0.2, 0.25) is 5.89 Å². The SMILES string of the molecule is CC(C)CN(C(=O)c1cnc(C(C)(C)C)nc1NCc1ncco1)C1CNCC2CCCCC21.Cl.Cl. The number of anilines is 1. The van der Waals surface area contributed by atoms with Gasteiger partial charge in [-0.15, -0.1) is 24.8 Å². The topological polar surface area (TPSA) is 96.2 Å². The van der Waals surface area contributed by atoms with Crippen molar-refractivity contribution in [1.82, 2.24) is 25.2 Å². The van der Waals surface area contributed by atoms with E-state index in [9.17, 15) is 4.79 Å². The van der Waals surface area contributed by atoms with Gasteiger partial charge in [0, 0.05) is 30.7 Å². The van der Waals surface area contributed by atoms with Gasteiger partial charge in [-0.25, -0.2) is 15.0 Å². The highest BCUT2D eigenvalue weighted by Crippen LogP contribution is 2.37. The van der Waals surface area contributed by atoms with Crippen LogP contribution < -0.4 is 10.6 Å². The fourth-order valence-corrected chi connectivity index (χ4v) is 5.36. The number of aromatic nitrogens is 3. The Morgan fingerprint density at radius 1 is 1.19 bits per heavy atom. The molecular weight excluding hydrogens is 499 g/mol. The summed E-state index contributed by atoms with van der Waals surface area (Å²) in [6.45, 7) is 13.6. The molecule has 2 N–H and O–H groups in total. The van der Waals surface area contributed by atoms with E-state index in [0.717, 1.165) is 13.1 Å². The number of carbonyl (C=O) groups is 1. The van der Waals surface area contributed by atoms with Crippen molar-refractivity contribution in [1.29, 1.82) is 0 Å².